The molecule has 0 amide bonds. The molecule has 2 fully saturated rings. The molecule has 2 unspecified atom stereocenters. The van der Waals surface area contributed by atoms with Crippen LogP contribution >= 0.6 is 0 Å². The second kappa shape index (κ2) is 8.73. The quantitative estimate of drug-likeness (QED) is 0.799. The maximum absolute atomic E-state index is 8.59. The molecule has 0 aromatic carbocycles. The van der Waals surface area contributed by atoms with Crippen LogP contribution in [0.1, 0.15) is 40.5 Å². The smallest absolute Gasteiger partial charge is 0.0669 e. The summed E-state index contributed by atoms with van der Waals surface area (Å²) in [5.74, 6) is 0.294. The first-order valence-electron chi connectivity index (χ1n) is 8.39. The molecule has 2 aliphatic rings. The molecular formula is C17H34N4. The number of nitriles is 1. The van der Waals surface area contributed by atoms with Gasteiger partial charge in [0, 0.05) is 37.8 Å². The van der Waals surface area contributed by atoms with Crippen molar-refractivity contribution in [2.24, 2.45) is 5.92 Å². The van der Waals surface area contributed by atoms with Gasteiger partial charge < -0.3 is 4.90 Å². The zero-order valence-corrected chi connectivity index (χ0v) is 14.8. The Hall–Kier alpha value is -0.630. The lowest BCUT2D eigenvalue weighted by Gasteiger charge is -2.22. The van der Waals surface area contributed by atoms with Crippen LogP contribution in [-0.4, -0.2) is 73.1 Å². The van der Waals surface area contributed by atoms with E-state index in [-0.39, 0.29) is 0 Å². The average molecular weight is 294 g/mol. The van der Waals surface area contributed by atoms with E-state index in [1.807, 2.05) is 0 Å². The van der Waals surface area contributed by atoms with Crippen LogP contribution in [0, 0.1) is 17.2 Å². The summed E-state index contributed by atoms with van der Waals surface area (Å²) >= 11 is 0. The van der Waals surface area contributed by atoms with Crippen LogP contribution in [0.3, 0.4) is 0 Å². The minimum Gasteiger partial charge on any atom is -0.305 e. The fourth-order valence-electron chi connectivity index (χ4n) is 3.02. The van der Waals surface area contributed by atoms with E-state index in [0.717, 1.165) is 31.6 Å². The summed E-state index contributed by atoms with van der Waals surface area (Å²) in [5.41, 5.74) is 0. The summed E-state index contributed by atoms with van der Waals surface area (Å²) in [5, 5.41) is 8.59. The molecule has 0 spiro atoms. The van der Waals surface area contributed by atoms with Crippen molar-refractivity contribution >= 4 is 0 Å². The van der Waals surface area contributed by atoms with E-state index in [9.17, 15) is 0 Å². The summed E-state index contributed by atoms with van der Waals surface area (Å²) in [7, 11) is 4.35. The maximum Gasteiger partial charge on any atom is 0.0669 e. The Morgan fingerprint density at radius 1 is 0.952 bits per heavy atom. The van der Waals surface area contributed by atoms with Gasteiger partial charge in [0.25, 0.3) is 0 Å². The van der Waals surface area contributed by atoms with Gasteiger partial charge in [-0.25, -0.2) is 0 Å². The predicted octanol–water partition coefficient (Wildman–Crippen LogP) is 2.27. The Kier molecular flexibility index (Phi) is 7.65. The molecule has 2 saturated heterocycles. The molecule has 4 nitrogen and oxygen atoms in total. The topological polar surface area (TPSA) is 33.5 Å². The van der Waals surface area contributed by atoms with Gasteiger partial charge in [0.2, 0.25) is 0 Å². The zero-order chi connectivity index (χ0) is 16.0. The molecule has 0 N–H and O–H groups in total. The van der Waals surface area contributed by atoms with Crippen LogP contribution in [0.15, 0.2) is 0 Å². The van der Waals surface area contributed by atoms with Crippen LogP contribution < -0.4 is 0 Å². The van der Waals surface area contributed by atoms with Crippen molar-refractivity contribution in [2.75, 3.05) is 40.3 Å². The minimum atomic E-state index is 0.294. The first kappa shape index (κ1) is 18.4. The molecule has 2 atom stereocenters. The van der Waals surface area contributed by atoms with Crippen molar-refractivity contribution in [3.8, 4) is 6.07 Å². The van der Waals surface area contributed by atoms with Gasteiger partial charge in [-0.3, -0.25) is 9.80 Å². The number of likely N-dealkylation sites (N-methyl/N-ethyl adjacent to an activating group) is 1. The highest BCUT2D eigenvalue weighted by molar-refractivity contribution is 4.91. The first-order valence-corrected chi connectivity index (χ1v) is 8.39. The summed E-state index contributed by atoms with van der Waals surface area (Å²) in [4.78, 5) is 7.24. The molecule has 4 heteroatoms. The van der Waals surface area contributed by atoms with Crippen LogP contribution in [0.4, 0.5) is 0 Å². The van der Waals surface area contributed by atoms with Gasteiger partial charge in [-0.1, -0.05) is 0 Å². The number of likely N-dealkylation sites (tertiary alicyclic amines) is 2. The molecule has 0 bridgehead atoms. The highest BCUT2D eigenvalue weighted by Gasteiger charge is 2.25. The summed E-state index contributed by atoms with van der Waals surface area (Å²) in [6.45, 7) is 13.5. The molecule has 122 valence electrons. The molecule has 2 aliphatic heterocycles. The Morgan fingerprint density at radius 2 is 1.48 bits per heavy atom. The SMILES string of the molecule is CC(C)N1CCC(C#N)C1.CC(C)N1CCC(N(C)C)C1. The first-order chi connectivity index (χ1) is 9.85. The predicted molar refractivity (Wildman–Crippen MR) is 89.2 cm³/mol. The van der Waals surface area contributed by atoms with E-state index in [2.05, 4.69) is 62.6 Å². The van der Waals surface area contributed by atoms with Crippen molar-refractivity contribution < 1.29 is 0 Å². The van der Waals surface area contributed by atoms with Gasteiger partial charge in [0.1, 0.15) is 0 Å². The molecule has 0 aliphatic carbocycles. The van der Waals surface area contributed by atoms with Gasteiger partial charge >= 0.3 is 0 Å². The third kappa shape index (κ3) is 5.94. The van der Waals surface area contributed by atoms with E-state index in [4.69, 9.17) is 5.26 Å². The highest BCUT2D eigenvalue weighted by atomic mass is 15.2. The van der Waals surface area contributed by atoms with Gasteiger partial charge in [-0.05, 0) is 61.2 Å². The average Bonchev–Trinajstić information content (AvgIpc) is 3.08. The maximum atomic E-state index is 8.59. The Bertz CT molecular complexity index is 318. The largest absolute Gasteiger partial charge is 0.305 e. The molecule has 0 saturated carbocycles. The molecule has 0 aromatic rings. The van der Waals surface area contributed by atoms with E-state index < -0.39 is 0 Å². The van der Waals surface area contributed by atoms with Gasteiger partial charge in [-0.15, -0.1) is 0 Å². The lowest BCUT2D eigenvalue weighted by molar-refractivity contribution is 0.237. The molecule has 21 heavy (non-hydrogen) atoms. The number of hydrogen-bond acceptors (Lipinski definition) is 4. The van der Waals surface area contributed by atoms with Crippen molar-refractivity contribution in [1.29, 1.82) is 5.26 Å². The third-order valence-corrected chi connectivity index (χ3v) is 4.79. The zero-order valence-electron chi connectivity index (χ0n) is 14.8. The standard InChI is InChI=1S/C9H20N2.C8H14N2/c1-8(2)11-6-5-9(7-11)10(3)4;1-7(2)10-4-3-8(5-9)6-10/h8-9H,5-7H2,1-4H3;7-8H,3-4,6H2,1-2H3. The lowest BCUT2D eigenvalue weighted by atomic mass is 10.1. The van der Waals surface area contributed by atoms with Gasteiger partial charge in [0.15, 0.2) is 0 Å². The second-order valence-electron chi connectivity index (χ2n) is 7.20. The van der Waals surface area contributed by atoms with Crippen LogP contribution in [0.25, 0.3) is 0 Å². The van der Waals surface area contributed by atoms with E-state index in [0.29, 0.717) is 12.0 Å². The molecular weight excluding hydrogens is 260 g/mol. The number of rotatable bonds is 3. The van der Waals surface area contributed by atoms with Crippen molar-refractivity contribution in [2.45, 2.75) is 58.7 Å². The normalized spacial score (nSPS) is 27.2. The second-order valence-corrected chi connectivity index (χ2v) is 7.20. The van der Waals surface area contributed by atoms with Crippen LogP contribution in [0.2, 0.25) is 0 Å². The fourth-order valence-corrected chi connectivity index (χ4v) is 3.02. The molecule has 2 rings (SSSR count). The molecule has 0 radical (unpaired) electrons. The Balaban J connectivity index is 0.000000211. The van der Waals surface area contributed by atoms with Gasteiger partial charge in [0.05, 0.1) is 12.0 Å². The summed E-state index contributed by atoms with van der Waals surface area (Å²) < 4.78 is 0. The third-order valence-electron chi connectivity index (χ3n) is 4.79. The van der Waals surface area contributed by atoms with Crippen molar-refractivity contribution in [1.82, 2.24) is 14.7 Å². The highest BCUT2D eigenvalue weighted by Crippen LogP contribution is 2.17. The molecule has 2 heterocycles. The van der Waals surface area contributed by atoms with Crippen molar-refractivity contribution in [3.63, 3.8) is 0 Å². The van der Waals surface area contributed by atoms with E-state index in [1.165, 1.54) is 19.5 Å². The van der Waals surface area contributed by atoms with E-state index >= 15 is 0 Å². The Labute approximate surface area is 131 Å². The van der Waals surface area contributed by atoms with Crippen molar-refractivity contribution in [3.05, 3.63) is 0 Å². The Morgan fingerprint density at radius 3 is 1.76 bits per heavy atom. The van der Waals surface area contributed by atoms with Crippen LogP contribution in [-0.2, 0) is 0 Å². The van der Waals surface area contributed by atoms with Gasteiger partial charge in [-0.2, -0.15) is 5.26 Å². The monoisotopic (exact) mass is 294 g/mol. The fraction of sp³-hybridized carbons (Fsp3) is 0.941. The summed E-state index contributed by atoms with van der Waals surface area (Å²) in [6, 6.07) is 4.43. The molecule has 0 aromatic heterocycles. The van der Waals surface area contributed by atoms with Crippen LogP contribution in [0.5, 0.6) is 0 Å². The minimum absolute atomic E-state index is 0.294. The lowest BCUT2D eigenvalue weighted by Crippen LogP contribution is -2.34. The number of hydrogen-bond donors (Lipinski definition) is 0. The summed E-state index contributed by atoms with van der Waals surface area (Å²) in [6.07, 6.45) is 2.40. The van der Waals surface area contributed by atoms with E-state index in [1.54, 1.807) is 0 Å². The number of nitrogens with zero attached hydrogens (tertiary/aromatic N) is 4.